The SMILES string of the molecule is CC(C)(CN)CN=C(Nc1ccc(F)c(Cl)c1)N1CCc2ccccc2C1. The van der Waals surface area contributed by atoms with E-state index >= 15 is 0 Å². The lowest BCUT2D eigenvalue weighted by Crippen LogP contribution is -2.41. The van der Waals surface area contributed by atoms with Gasteiger partial charge in [0.2, 0.25) is 0 Å². The van der Waals surface area contributed by atoms with Gasteiger partial charge in [-0.1, -0.05) is 49.7 Å². The van der Waals surface area contributed by atoms with Crippen LogP contribution in [0.25, 0.3) is 0 Å². The highest BCUT2D eigenvalue weighted by atomic mass is 35.5. The lowest BCUT2D eigenvalue weighted by Gasteiger charge is -2.32. The first kappa shape index (κ1) is 19.6. The zero-order chi connectivity index (χ0) is 19.4. The summed E-state index contributed by atoms with van der Waals surface area (Å²) in [6.45, 7) is 6.97. The number of nitrogens with one attached hydrogen (secondary N) is 1. The molecule has 2 aromatic rings. The molecular weight excluding hydrogens is 363 g/mol. The van der Waals surface area contributed by atoms with Crippen molar-refractivity contribution in [1.82, 2.24) is 4.90 Å². The number of nitrogens with two attached hydrogens (primary N) is 1. The summed E-state index contributed by atoms with van der Waals surface area (Å²) in [7, 11) is 0. The first-order valence-corrected chi connectivity index (χ1v) is 9.54. The molecule has 0 fully saturated rings. The van der Waals surface area contributed by atoms with Crippen LogP contribution in [0.5, 0.6) is 0 Å². The third-order valence-electron chi connectivity index (χ3n) is 4.82. The van der Waals surface area contributed by atoms with Gasteiger partial charge in [0, 0.05) is 25.3 Å². The highest BCUT2D eigenvalue weighted by Crippen LogP contribution is 2.23. The molecule has 0 atom stereocenters. The largest absolute Gasteiger partial charge is 0.338 e. The number of hydrogen-bond donors (Lipinski definition) is 2. The van der Waals surface area contributed by atoms with Crippen molar-refractivity contribution in [3.05, 3.63) is 64.4 Å². The maximum atomic E-state index is 13.5. The van der Waals surface area contributed by atoms with Gasteiger partial charge in [0.25, 0.3) is 0 Å². The van der Waals surface area contributed by atoms with E-state index in [-0.39, 0.29) is 10.4 Å². The zero-order valence-corrected chi connectivity index (χ0v) is 16.6. The predicted octanol–water partition coefficient (Wildman–Crippen LogP) is 4.29. The molecule has 3 N–H and O–H groups in total. The summed E-state index contributed by atoms with van der Waals surface area (Å²) >= 11 is 5.94. The summed E-state index contributed by atoms with van der Waals surface area (Å²) in [4.78, 5) is 7.04. The summed E-state index contributed by atoms with van der Waals surface area (Å²) in [5.41, 5.74) is 9.15. The van der Waals surface area contributed by atoms with Crippen LogP contribution in [0.15, 0.2) is 47.5 Å². The number of guanidine groups is 1. The molecule has 4 nitrogen and oxygen atoms in total. The molecule has 0 bridgehead atoms. The number of benzene rings is 2. The number of anilines is 1. The van der Waals surface area contributed by atoms with Crippen LogP contribution in [-0.2, 0) is 13.0 Å². The van der Waals surface area contributed by atoms with E-state index < -0.39 is 5.82 Å². The molecule has 1 aliphatic rings. The molecule has 27 heavy (non-hydrogen) atoms. The maximum Gasteiger partial charge on any atom is 0.198 e. The smallest absolute Gasteiger partial charge is 0.198 e. The van der Waals surface area contributed by atoms with Gasteiger partial charge in [0.15, 0.2) is 5.96 Å². The van der Waals surface area contributed by atoms with Crippen LogP contribution in [0.3, 0.4) is 0 Å². The molecule has 144 valence electrons. The highest BCUT2D eigenvalue weighted by molar-refractivity contribution is 6.31. The van der Waals surface area contributed by atoms with E-state index in [1.165, 1.54) is 17.2 Å². The van der Waals surface area contributed by atoms with Crippen molar-refractivity contribution >= 4 is 23.2 Å². The van der Waals surface area contributed by atoms with E-state index in [4.69, 9.17) is 22.3 Å². The van der Waals surface area contributed by atoms with Crippen molar-refractivity contribution in [2.45, 2.75) is 26.8 Å². The molecule has 0 aliphatic carbocycles. The summed E-state index contributed by atoms with van der Waals surface area (Å²) in [5.74, 6) is 0.325. The third kappa shape index (κ3) is 4.99. The van der Waals surface area contributed by atoms with E-state index in [2.05, 4.69) is 48.3 Å². The standard InChI is InChI=1S/C21H26ClFN4/c1-21(2,13-24)14-25-20(26-17-7-8-19(23)18(22)11-17)27-10-9-15-5-3-4-6-16(15)12-27/h3-8,11H,9-10,12-14,24H2,1-2H3,(H,25,26). The second-order valence-corrected chi connectivity index (χ2v) is 8.11. The van der Waals surface area contributed by atoms with Gasteiger partial charge in [-0.15, -0.1) is 0 Å². The Hall–Kier alpha value is -2.11. The van der Waals surface area contributed by atoms with E-state index in [1.807, 2.05) is 0 Å². The van der Waals surface area contributed by atoms with Crippen molar-refractivity contribution < 1.29 is 4.39 Å². The number of halogens is 2. The van der Waals surface area contributed by atoms with Crippen LogP contribution >= 0.6 is 11.6 Å². The van der Waals surface area contributed by atoms with Crippen molar-refractivity contribution in [3.63, 3.8) is 0 Å². The maximum absolute atomic E-state index is 13.5. The quantitative estimate of drug-likeness (QED) is 0.606. The fourth-order valence-corrected chi connectivity index (χ4v) is 3.13. The molecule has 0 radical (unpaired) electrons. The van der Waals surface area contributed by atoms with Crippen LogP contribution in [0.1, 0.15) is 25.0 Å². The number of fused-ring (bicyclic) bond motifs is 1. The molecule has 0 aromatic heterocycles. The summed E-state index contributed by atoms with van der Waals surface area (Å²) in [5, 5.41) is 3.42. The highest BCUT2D eigenvalue weighted by Gasteiger charge is 2.21. The van der Waals surface area contributed by atoms with Gasteiger partial charge in [0.1, 0.15) is 5.82 Å². The number of hydrogen-bond acceptors (Lipinski definition) is 2. The fourth-order valence-electron chi connectivity index (χ4n) is 2.95. The summed E-state index contributed by atoms with van der Waals surface area (Å²) < 4.78 is 13.5. The van der Waals surface area contributed by atoms with Gasteiger partial charge in [-0.3, -0.25) is 4.99 Å². The topological polar surface area (TPSA) is 53.6 Å². The summed E-state index contributed by atoms with van der Waals surface area (Å²) in [6, 6.07) is 13.1. The molecule has 0 saturated heterocycles. The molecule has 6 heteroatoms. The molecule has 3 rings (SSSR count). The lowest BCUT2D eigenvalue weighted by atomic mass is 9.94. The Morgan fingerprint density at radius 1 is 1.26 bits per heavy atom. The average Bonchev–Trinajstić information content (AvgIpc) is 2.67. The first-order valence-electron chi connectivity index (χ1n) is 9.16. The number of rotatable bonds is 4. The Morgan fingerprint density at radius 3 is 2.70 bits per heavy atom. The minimum atomic E-state index is -0.433. The Labute approximate surface area is 165 Å². The molecule has 0 spiro atoms. The van der Waals surface area contributed by atoms with Crippen molar-refractivity contribution in [2.75, 3.05) is 25.0 Å². The Balaban J connectivity index is 1.85. The fraction of sp³-hybridized carbons (Fsp3) is 0.381. The van der Waals surface area contributed by atoms with Crippen LogP contribution < -0.4 is 11.1 Å². The van der Waals surface area contributed by atoms with Crippen molar-refractivity contribution in [3.8, 4) is 0 Å². The molecule has 0 saturated carbocycles. The van der Waals surface area contributed by atoms with Gasteiger partial charge in [-0.25, -0.2) is 4.39 Å². The predicted molar refractivity (Wildman–Crippen MR) is 111 cm³/mol. The van der Waals surface area contributed by atoms with Crippen LogP contribution in [0, 0.1) is 11.2 Å². The van der Waals surface area contributed by atoms with Gasteiger partial charge < -0.3 is 16.0 Å². The van der Waals surface area contributed by atoms with Gasteiger partial charge in [0.05, 0.1) is 5.02 Å². The van der Waals surface area contributed by atoms with Gasteiger partial charge >= 0.3 is 0 Å². The monoisotopic (exact) mass is 388 g/mol. The minimum Gasteiger partial charge on any atom is -0.338 e. The molecule has 1 aliphatic heterocycles. The third-order valence-corrected chi connectivity index (χ3v) is 5.11. The number of nitrogens with zero attached hydrogens (tertiary/aromatic N) is 2. The molecule has 0 amide bonds. The van der Waals surface area contributed by atoms with Crippen molar-refractivity contribution in [1.29, 1.82) is 0 Å². The normalized spacial score (nSPS) is 14.9. The van der Waals surface area contributed by atoms with E-state index in [9.17, 15) is 4.39 Å². The van der Waals surface area contributed by atoms with E-state index in [0.29, 0.717) is 18.8 Å². The second-order valence-electron chi connectivity index (χ2n) is 7.70. The Kier molecular flexibility index (Phi) is 6.02. The molecule has 1 heterocycles. The zero-order valence-electron chi connectivity index (χ0n) is 15.8. The van der Waals surface area contributed by atoms with E-state index in [0.717, 1.165) is 25.5 Å². The average molecular weight is 389 g/mol. The first-order chi connectivity index (χ1) is 12.9. The summed E-state index contributed by atoms with van der Waals surface area (Å²) in [6.07, 6.45) is 0.960. The van der Waals surface area contributed by atoms with Crippen LogP contribution in [0.4, 0.5) is 10.1 Å². The molecule has 0 unspecified atom stereocenters. The van der Waals surface area contributed by atoms with Crippen LogP contribution in [0.2, 0.25) is 5.02 Å². The number of aliphatic imine (C=N–C) groups is 1. The molecule has 2 aromatic carbocycles. The molecular formula is C21H26ClFN4. The Morgan fingerprint density at radius 2 is 2.00 bits per heavy atom. The Bertz CT molecular complexity index is 835. The van der Waals surface area contributed by atoms with Crippen LogP contribution in [-0.4, -0.2) is 30.5 Å². The minimum absolute atomic E-state index is 0.0885. The van der Waals surface area contributed by atoms with Gasteiger partial charge in [-0.2, -0.15) is 0 Å². The second kappa shape index (κ2) is 8.28. The van der Waals surface area contributed by atoms with Gasteiger partial charge in [-0.05, 0) is 47.7 Å². The van der Waals surface area contributed by atoms with E-state index in [1.54, 1.807) is 12.1 Å². The lowest BCUT2D eigenvalue weighted by molar-refractivity contribution is 0.371. The van der Waals surface area contributed by atoms with Crippen molar-refractivity contribution in [2.24, 2.45) is 16.1 Å².